The molecule has 2 N–H and O–H groups in total. The van der Waals surface area contributed by atoms with E-state index in [-0.39, 0.29) is 0 Å². The fourth-order valence-corrected chi connectivity index (χ4v) is 2.39. The van der Waals surface area contributed by atoms with E-state index in [0.717, 1.165) is 22.8 Å². The zero-order valence-electron chi connectivity index (χ0n) is 11.2. The summed E-state index contributed by atoms with van der Waals surface area (Å²) < 4.78 is 3.58. The smallest absolute Gasteiger partial charge is 0.121 e. The Morgan fingerprint density at radius 2 is 2.05 bits per heavy atom. The first-order valence-electron chi connectivity index (χ1n) is 6.16. The molecule has 6 heteroatoms. The van der Waals surface area contributed by atoms with Crippen LogP contribution in [-0.4, -0.2) is 19.3 Å². The first kappa shape index (κ1) is 12.7. The van der Waals surface area contributed by atoms with Crippen LogP contribution in [0.15, 0.2) is 36.7 Å². The summed E-state index contributed by atoms with van der Waals surface area (Å²) in [5, 5.41) is 4.99. The summed E-state index contributed by atoms with van der Waals surface area (Å²) in [5.41, 5.74) is 8.44. The van der Waals surface area contributed by atoms with Crippen molar-refractivity contribution in [3.05, 3.63) is 47.5 Å². The van der Waals surface area contributed by atoms with E-state index >= 15 is 0 Å². The number of hydrogen-bond acceptors (Lipinski definition) is 3. The van der Waals surface area contributed by atoms with Crippen molar-refractivity contribution in [3.63, 3.8) is 0 Å². The minimum absolute atomic E-state index is 0.616. The van der Waals surface area contributed by atoms with Crippen molar-refractivity contribution >= 4 is 17.4 Å². The zero-order chi connectivity index (χ0) is 14.3. The Kier molecular flexibility index (Phi) is 2.99. The Morgan fingerprint density at radius 3 is 2.60 bits per heavy atom. The number of benzene rings is 1. The van der Waals surface area contributed by atoms with Gasteiger partial charge in [0.2, 0.25) is 0 Å². The Balaban J connectivity index is 2.06. The molecule has 0 spiro atoms. The molecular weight excluding hydrogens is 274 g/mol. The van der Waals surface area contributed by atoms with E-state index in [1.807, 2.05) is 49.0 Å². The number of nitrogens with zero attached hydrogens (tertiary/aromatic N) is 4. The molecule has 0 bridgehead atoms. The van der Waals surface area contributed by atoms with E-state index in [1.54, 1.807) is 10.9 Å². The molecule has 0 atom stereocenters. The molecule has 0 saturated heterocycles. The molecular formula is C14H14ClN5. The third kappa shape index (κ3) is 2.06. The van der Waals surface area contributed by atoms with E-state index in [9.17, 15) is 0 Å². The molecule has 0 saturated carbocycles. The Labute approximate surface area is 121 Å². The van der Waals surface area contributed by atoms with E-state index < -0.39 is 0 Å². The van der Waals surface area contributed by atoms with Gasteiger partial charge >= 0.3 is 0 Å². The molecule has 1 aromatic carbocycles. The van der Waals surface area contributed by atoms with Crippen LogP contribution >= 0.6 is 11.6 Å². The molecule has 2 heterocycles. The second-order valence-corrected chi connectivity index (χ2v) is 5.00. The normalized spacial score (nSPS) is 10.9. The summed E-state index contributed by atoms with van der Waals surface area (Å²) >= 11 is 6.37. The fourth-order valence-electron chi connectivity index (χ4n) is 2.12. The van der Waals surface area contributed by atoms with Crippen molar-refractivity contribution in [1.82, 2.24) is 19.3 Å². The van der Waals surface area contributed by atoms with Gasteiger partial charge in [-0.2, -0.15) is 5.10 Å². The Morgan fingerprint density at radius 1 is 1.25 bits per heavy atom. The highest BCUT2D eigenvalue weighted by Crippen LogP contribution is 2.28. The van der Waals surface area contributed by atoms with Crippen LogP contribution in [0, 0.1) is 6.92 Å². The molecule has 102 valence electrons. The van der Waals surface area contributed by atoms with Crippen LogP contribution in [0.3, 0.4) is 0 Å². The number of aromatic nitrogens is 4. The largest absolute Gasteiger partial charge is 0.384 e. The van der Waals surface area contributed by atoms with Gasteiger partial charge in [0.25, 0.3) is 0 Å². The molecule has 0 radical (unpaired) electrons. The van der Waals surface area contributed by atoms with E-state index in [0.29, 0.717) is 10.8 Å². The number of hydrogen-bond donors (Lipinski definition) is 1. The average molecular weight is 288 g/mol. The highest BCUT2D eigenvalue weighted by atomic mass is 35.5. The van der Waals surface area contributed by atoms with E-state index in [1.165, 1.54) is 0 Å². The van der Waals surface area contributed by atoms with Crippen LogP contribution < -0.4 is 5.73 Å². The molecule has 20 heavy (non-hydrogen) atoms. The van der Waals surface area contributed by atoms with Crippen molar-refractivity contribution in [2.24, 2.45) is 7.05 Å². The summed E-state index contributed by atoms with van der Waals surface area (Å²) in [7, 11) is 1.81. The average Bonchev–Trinajstić information content (AvgIpc) is 2.97. The fraction of sp³-hybridized carbons (Fsp3) is 0.143. The number of aryl methyl sites for hydroxylation is 2. The monoisotopic (exact) mass is 287 g/mol. The van der Waals surface area contributed by atoms with E-state index in [2.05, 4.69) is 10.1 Å². The van der Waals surface area contributed by atoms with Gasteiger partial charge in [-0.15, -0.1) is 0 Å². The lowest BCUT2D eigenvalue weighted by Gasteiger charge is -2.08. The molecule has 3 aromatic rings. The summed E-state index contributed by atoms with van der Waals surface area (Å²) in [5.74, 6) is 1.51. The molecule has 0 amide bonds. The van der Waals surface area contributed by atoms with Crippen molar-refractivity contribution in [2.45, 2.75) is 6.92 Å². The van der Waals surface area contributed by atoms with Gasteiger partial charge in [0.05, 0.1) is 16.4 Å². The maximum absolute atomic E-state index is 6.37. The van der Waals surface area contributed by atoms with Gasteiger partial charge in [-0.05, 0) is 19.1 Å². The lowest BCUT2D eigenvalue weighted by Crippen LogP contribution is -1.97. The molecule has 0 aliphatic rings. The van der Waals surface area contributed by atoms with Gasteiger partial charge < -0.3 is 10.3 Å². The SMILES string of the molecule is Cc1nccn1-c1ccc(-c2cc(N)n(C)n2)cc1Cl. The number of halogens is 1. The predicted octanol–water partition coefficient (Wildman–Crippen LogP) is 2.82. The van der Waals surface area contributed by atoms with E-state index in [4.69, 9.17) is 17.3 Å². The molecule has 2 aromatic heterocycles. The standard InChI is InChI=1S/C14H14ClN5/c1-9-17-5-6-20(9)13-4-3-10(7-11(13)15)12-8-14(16)19(2)18-12/h3-8H,16H2,1-2H3. The van der Waals surface area contributed by atoms with Crippen LogP contribution in [0.1, 0.15) is 5.82 Å². The van der Waals surface area contributed by atoms with Gasteiger partial charge in [0.15, 0.2) is 0 Å². The minimum Gasteiger partial charge on any atom is -0.384 e. The van der Waals surface area contributed by atoms with Crippen LogP contribution in [0.25, 0.3) is 16.9 Å². The molecule has 0 aliphatic carbocycles. The van der Waals surface area contributed by atoms with Gasteiger partial charge in [-0.25, -0.2) is 4.98 Å². The van der Waals surface area contributed by atoms with Crippen molar-refractivity contribution in [2.75, 3.05) is 5.73 Å². The van der Waals surface area contributed by atoms with Crippen LogP contribution in [0.5, 0.6) is 0 Å². The first-order chi connectivity index (χ1) is 9.56. The number of nitrogen functional groups attached to an aromatic ring is 1. The first-order valence-corrected chi connectivity index (χ1v) is 6.54. The van der Waals surface area contributed by atoms with Gasteiger partial charge in [-0.1, -0.05) is 17.7 Å². The van der Waals surface area contributed by atoms with Crippen molar-refractivity contribution in [3.8, 4) is 16.9 Å². The number of imidazole rings is 1. The molecule has 3 rings (SSSR count). The predicted molar refractivity (Wildman–Crippen MR) is 79.9 cm³/mol. The lowest BCUT2D eigenvalue weighted by atomic mass is 10.1. The maximum Gasteiger partial charge on any atom is 0.121 e. The maximum atomic E-state index is 6.37. The molecule has 0 aliphatic heterocycles. The van der Waals surface area contributed by atoms with Gasteiger partial charge in [0.1, 0.15) is 11.6 Å². The minimum atomic E-state index is 0.616. The van der Waals surface area contributed by atoms with Crippen molar-refractivity contribution in [1.29, 1.82) is 0 Å². The lowest BCUT2D eigenvalue weighted by molar-refractivity contribution is 0.782. The summed E-state index contributed by atoms with van der Waals surface area (Å²) in [6, 6.07) is 7.64. The number of nitrogens with two attached hydrogens (primary N) is 1. The van der Waals surface area contributed by atoms with Crippen LogP contribution in [0.2, 0.25) is 5.02 Å². The highest BCUT2D eigenvalue weighted by molar-refractivity contribution is 6.32. The quantitative estimate of drug-likeness (QED) is 0.788. The summed E-state index contributed by atoms with van der Waals surface area (Å²) in [6.07, 6.45) is 3.63. The molecule has 0 unspecified atom stereocenters. The van der Waals surface area contributed by atoms with Crippen molar-refractivity contribution < 1.29 is 0 Å². The van der Waals surface area contributed by atoms with Crippen LogP contribution in [0.4, 0.5) is 5.82 Å². The van der Waals surface area contributed by atoms with Gasteiger partial charge in [0, 0.05) is 31.1 Å². The van der Waals surface area contributed by atoms with Gasteiger partial charge in [-0.3, -0.25) is 4.68 Å². The third-order valence-electron chi connectivity index (χ3n) is 3.24. The second kappa shape index (κ2) is 4.68. The molecule has 0 fully saturated rings. The van der Waals surface area contributed by atoms with Crippen LogP contribution in [-0.2, 0) is 7.05 Å². The second-order valence-electron chi connectivity index (χ2n) is 4.59. The summed E-state index contributed by atoms with van der Waals surface area (Å²) in [6.45, 7) is 1.93. The third-order valence-corrected chi connectivity index (χ3v) is 3.55. The Hall–Kier alpha value is -2.27. The summed E-state index contributed by atoms with van der Waals surface area (Å²) in [4.78, 5) is 4.20. The number of anilines is 1. The topological polar surface area (TPSA) is 61.7 Å². The highest BCUT2D eigenvalue weighted by Gasteiger charge is 2.10. The Bertz CT molecular complexity index is 752. The zero-order valence-corrected chi connectivity index (χ0v) is 12.0. The number of rotatable bonds is 2. The molecule has 5 nitrogen and oxygen atoms in total.